The molecule has 2 N–H and O–H groups in total. The third-order valence-corrected chi connectivity index (χ3v) is 4.24. The zero-order valence-electron chi connectivity index (χ0n) is 14.0. The molecule has 1 saturated heterocycles. The summed E-state index contributed by atoms with van der Waals surface area (Å²) in [4.78, 5) is 3.82. The van der Waals surface area contributed by atoms with Gasteiger partial charge in [-0.2, -0.15) is 0 Å². The van der Waals surface area contributed by atoms with Gasteiger partial charge in [0.1, 0.15) is 5.75 Å². The molecular weight excluding hydrogens is 359 g/mol. The molecule has 0 saturated carbocycles. The number of phenols is 1. The molecule has 0 amide bonds. The topological polar surface area (TPSA) is 38.7 Å². The molecule has 0 unspecified atom stereocenters. The summed E-state index contributed by atoms with van der Waals surface area (Å²) in [6, 6.07) is 4.01. The molecular formula is C16H27Cl2F2N3O. The van der Waals surface area contributed by atoms with E-state index in [9.17, 15) is 13.9 Å². The van der Waals surface area contributed by atoms with E-state index in [1.54, 1.807) is 17.0 Å². The van der Waals surface area contributed by atoms with Crippen LogP contribution < -0.4 is 10.2 Å². The molecule has 1 heterocycles. The lowest BCUT2D eigenvalue weighted by molar-refractivity contribution is 0.0170. The Morgan fingerprint density at radius 3 is 2.21 bits per heavy atom. The van der Waals surface area contributed by atoms with Crippen LogP contribution in [-0.4, -0.2) is 55.7 Å². The van der Waals surface area contributed by atoms with E-state index in [-0.39, 0.29) is 30.6 Å². The summed E-state index contributed by atoms with van der Waals surface area (Å²) in [5, 5.41) is 13.4. The zero-order chi connectivity index (χ0) is 16.1. The van der Waals surface area contributed by atoms with Crippen LogP contribution in [0.3, 0.4) is 0 Å². The number of nitrogens with one attached hydrogen (secondary N) is 1. The summed E-state index contributed by atoms with van der Waals surface area (Å²) in [6.45, 7) is 8.19. The van der Waals surface area contributed by atoms with Crippen LogP contribution in [0.25, 0.3) is 0 Å². The van der Waals surface area contributed by atoms with Crippen LogP contribution in [0.2, 0.25) is 0 Å². The predicted octanol–water partition coefficient (Wildman–Crippen LogP) is 3.29. The molecule has 4 nitrogen and oxygen atoms in total. The Hall–Kier alpha value is -0.820. The second kappa shape index (κ2) is 10.9. The number of hydrogen-bond acceptors (Lipinski definition) is 4. The fourth-order valence-corrected chi connectivity index (χ4v) is 3.02. The van der Waals surface area contributed by atoms with Gasteiger partial charge >= 0.3 is 0 Å². The second-order valence-electron chi connectivity index (χ2n) is 5.48. The first kappa shape index (κ1) is 23.2. The average Bonchev–Trinajstić information content (AvgIpc) is 2.51. The van der Waals surface area contributed by atoms with Crippen LogP contribution in [0.4, 0.5) is 14.5 Å². The number of alkyl halides is 2. The van der Waals surface area contributed by atoms with Crippen molar-refractivity contribution in [1.82, 2.24) is 10.2 Å². The van der Waals surface area contributed by atoms with E-state index < -0.39 is 12.5 Å². The molecule has 0 spiro atoms. The van der Waals surface area contributed by atoms with Crippen LogP contribution in [-0.2, 0) is 0 Å². The van der Waals surface area contributed by atoms with Crippen molar-refractivity contribution in [3.05, 3.63) is 23.8 Å². The third kappa shape index (κ3) is 5.34. The molecule has 1 aliphatic heterocycles. The Morgan fingerprint density at radius 1 is 1.17 bits per heavy atom. The van der Waals surface area contributed by atoms with Crippen LogP contribution in [0.15, 0.2) is 18.2 Å². The lowest BCUT2D eigenvalue weighted by atomic mass is 10.0. The van der Waals surface area contributed by atoms with Crippen LogP contribution in [0.5, 0.6) is 5.75 Å². The molecule has 0 aliphatic carbocycles. The van der Waals surface area contributed by atoms with Gasteiger partial charge in [-0.15, -0.1) is 24.8 Å². The highest BCUT2D eigenvalue weighted by Crippen LogP contribution is 2.35. The van der Waals surface area contributed by atoms with Gasteiger partial charge in [0.25, 0.3) is 6.43 Å². The van der Waals surface area contributed by atoms with Crippen molar-refractivity contribution in [3.8, 4) is 5.75 Å². The second-order valence-corrected chi connectivity index (χ2v) is 5.48. The zero-order valence-corrected chi connectivity index (χ0v) is 15.7. The fraction of sp³-hybridized carbons (Fsp3) is 0.625. The lowest BCUT2D eigenvalue weighted by Gasteiger charge is -2.35. The van der Waals surface area contributed by atoms with Gasteiger partial charge < -0.3 is 15.3 Å². The van der Waals surface area contributed by atoms with E-state index in [0.717, 1.165) is 18.8 Å². The molecule has 24 heavy (non-hydrogen) atoms. The highest BCUT2D eigenvalue weighted by molar-refractivity contribution is 5.85. The van der Waals surface area contributed by atoms with Crippen molar-refractivity contribution in [3.63, 3.8) is 0 Å². The standard InChI is InChI=1S/C16H25F2N3O.2ClH/c1-3-20(4-2)12-5-6-13(14(22)11-12)15(16(17)18)21-9-7-19-8-10-21;;/h5-6,11,15-16,19,22H,3-4,7-10H2,1-2H3;2*1H/t15-;;/m1../s1. The number of nitrogens with zero attached hydrogens (tertiary/aromatic N) is 2. The normalized spacial score (nSPS) is 16.2. The summed E-state index contributed by atoms with van der Waals surface area (Å²) >= 11 is 0. The lowest BCUT2D eigenvalue weighted by Crippen LogP contribution is -2.46. The van der Waals surface area contributed by atoms with Crippen LogP contribution in [0.1, 0.15) is 25.5 Å². The number of halogens is 4. The van der Waals surface area contributed by atoms with Crippen molar-refractivity contribution in [2.24, 2.45) is 0 Å². The van der Waals surface area contributed by atoms with Crippen molar-refractivity contribution < 1.29 is 13.9 Å². The number of hydrogen-bond donors (Lipinski definition) is 2. The van der Waals surface area contributed by atoms with E-state index in [4.69, 9.17) is 0 Å². The Morgan fingerprint density at radius 2 is 1.75 bits per heavy atom. The molecule has 0 aromatic heterocycles. The Balaban J connectivity index is 0.00000264. The minimum Gasteiger partial charge on any atom is -0.508 e. The number of phenolic OH excluding ortho intramolecular Hbond substituents is 1. The summed E-state index contributed by atoms with van der Waals surface area (Å²) in [7, 11) is 0. The van der Waals surface area contributed by atoms with E-state index in [0.29, 0.717) is 31.7 Å². The molecule has 140 valence electrons. The van der Waals surface area contributed by atoms with Gasteiger partial charge in [-0.25, -0.2) is 8.78 Å². The molecule has 1 aromatic carbocycles. The molecule has 0 radical (unpaired) electrons. The number of aromatic hydroxyl groups is 1. The molecule has 1 fully saturated rings. The van der Waals surface area contributed by atoms with Gasteiger partial charge in [0.05, 0.1) is 6.04 Å². The SMILES string of the molecule is CCN(CC)c1ccc([C@H](C(F)F)N2CCNCC2)c(O)c1.Cl.Cl. The van der Waals surface area contributed by atoms with E-state index in [1.807, 2.05) is 19.9 Å². The maximum atomic E-state index is 13.6. The first-order chi connectivity index (χ1) is 10.6. The van der Waals surface area contributed by atoms with E-state index in [2.05, 4.69) is 10.2 Å². The van der Waals surface area contributed by atoms with Crippen LogP contribution in [0, 0.1) is 0 Å². The van der Waals surface area contributed by atoms with E-state index in [1.165, 1.54) is 0 Å². The Bertz CT molecular complexity index is 484. The highest BCUT2D eigenvalue weighted by Gasteiger charge is 2.32. The maximum Gasteiger partial charge on any atom is 0.258 e. The van der Waals surface area contributed by atoms with Crippen molar-refractivity contribution in [1.29, 1.82) is 0 Å². The van der Waals surface area contributed by atoms with Gasteiger partial charge in [0.2, 0.25) is 0 Å². The molecule has 2 rings (SSSR count). The van der Waals surface area contributed by atoms with Crippen molar-refractivity contribution in [2.45, 2.75) is 26.3 Å². The number of piperazine rings is 1. The number of rotatable bonds is 6. The maximum absolute atomic E-state index is 13.6. The largest absolute Gasteiger partial charge is 0.508 e. The number of benzene rings is 1. The third-order valence-electron chi connectivity index (χ3n) is 4.24. The Kier molecular flexibility index (Phi) is 10.6. The number of anilines is 1. The van der Waals surface area contributed by atoms with Crippen molar-refractivity contribution >= 4 is 30.5 Å². The molecule has 0 bridgehead atoms. The first-order valence-electron chi connectivity index (χ1n) is 7.89. The fourth-order valence-electron chi connectivity index (χ4n) is 3.02. The monoisotopic (exact) mass is 385 g/mol. The summed E-state index contributed by atoms with van der Waals surface area (Å²) in [5.41, 5.74) is 1.17. The minimum absolute atomic E-state index is 0. The first-order valence-corrected chi connectivity index (χ1v) is 7.89. The predicted molar refractivity (Wildman–Crippen MR) is 99.4 cm³/mol. The van der Waals surface area contributed by atoms with Gasteiger partial charge in [-0.3, -0.25) is 4.90 Å². The van der Waals surface area contributed by atoms with Gasteiger partial charge in [-0.05, 0) is 19.9 Å². The van der Waals surface area contributed by atoms with E-state index >= 15 is 0 Å². The molecule has 1 atom stereocenters. The smallest absolute Gasteiger partial charge is 0.258 e. The van der Waals surface area contributed by atoms with Crippen LogP contribution >= 0.6 is 24.8 Å². The van der Waals surface area contributed by atoms with Gasteiger partial charge in [0.15, 0.2) is 0 Å². The van der Waals surface area contributed by atoms with Gasteiger partial charge in [-0.1, -0.05) is 6.07 Å². The molecule has 8 heteroatoms. The molecule has 1 aliphatic rings. The van der Waals surface area contributed by atoms with Gasteiger partial charge in [0, 0.05) is 56.6 Å². The highest BCUT2D eigenvalue weighted by atomic mass is 35.5. The Labute approximate surface area is 155 Å². The minimum atomic E-state index is -2.52. The quantitative estimate of drug-likeness (QED) is 0.787. The van der Waals surface area contributed by atoms with Crippen molar-refractivity contribution in [2.75, 3.05) is 44.2 Å². The summed E-state index contributed by atoms with van der Waals surface area (Å²) in [5.74, 6) is -0.0479. The summed E-state index contributed by atoms with van der Waals surface area (Å²) < 4.78 is 27.1. The average molecular weight is 386 g/mol. The molecule has 1 aromatic rings. The summed E-state index contributed by atoms with van der Waals surface area (Å²) in [6.07, 6.45) is -2.52.